The molecule has 4 heteroatoms. The van der Waals surface area contributed by atoms with Crippen LogP contribution in [0.4, 0.5) is 0 Å². The molecule has 13 heavy (non-hydrogen) atoms. The van der Waals surface area contributed by atoms with Crippen molar-refractivity contribution in [1.29, 1.82) is 0 Å². The number of hydrogen-bond acceptors (Lipinski definition) is 2. The van der Waals surface area contributed by atoms with Crippen molar-refractivity contribution < 1.29 is 9.53 Å². The van der Waals surface area contributed by atoms with Gasteiger partial charge in [-0.15, -0.1) is 0 Å². The molecule has 0 bridgehead atoms. The third kappa shape index (κ3) is 1.70. The van der Waals surface area contributed by atoms with Crippen LogP contribution in [0.2, 0.25) is 0 Å². The Labute approximate surface area is 83.8 Å². The predicted octanol–water partition coefficient (Wildman–Crippen LogP) is -0.222. The molecule has 1 saturated carbocycles. The molecule has 2 unspecified atom stereocenters. The van der Waals surface area contributed by atoms with Crippen LogP contribution in [0, 0.1) is 0 Å². The van der Waals surface area contributed by atoms with Crippen LogP contribution < -0.4 is 0 Å². The normalized spacial score (nSPS) is 33.2. The Morgan fingerprint density at radius 2 is 2.38 bits per heavy atom. The van der Waals surface area contributed by atoms with E-state index in [0.717, 1.165) is 19.4 Å². The summed E-state index contributed by atoms with van der Waals surface area (Å²) in [5.41, 5.74) is 0. The summed E-state index contributed by atoms with van der Waals surface area (Å²) in [6, 6.07) is 0.359. The van der Waals surface area contributed by atoms with Crippen LogP contribution in [0.1, 0.15) is 19.3 Å². The van der Waals surface area contributed by atoms with Crippen molar-refractivity contribution >= 4 is 18.5 Å². The molecule has 74 valence electrons. The highest BCUT2D eigenvalue weighted by molar-refractivity contribution is 7.59. The monoisotopic (exact) mass is 202 g/mol. The fraction of sp³-hybridized carbons (Fsp3) is 0.889. The van der Waals surface area contributed by atoms with Crippen LogP contribution in [0.15, 0.2) is 0 Å². The topological polar surface area (TPSA) is 29.5 Å². The number of hydrogen-bond donors (Lipinski definition) is 0. The Kier molecular flexibility index (Phi) is 2.79. The molecule has 0 radical (unpaired) electrons. The van der Waals surface area contributed by atoms with E-state index in [9.17, 15) is 4.79 Å². The minimum absolute atomic E-state index is 0.205. The van der Waals surface area contributed by atoms with Crippen LogP contribution in [0.5, 0.6) is 0 Å². The minimum atomic E-state index is 0.205. The molecular formula is C9H16NO2S+. The van der Waals surface area contributed by atoms with Crippen molar-refractivity contribution in [3.8, 4) is 0 Å². The van der Waals surface area contributed by atoms with Gasteiger partial charge >= 0.3 is 0 Å². The van der Waals surface area contributed by atoms with Gasteiger partial charge in [-0.3, -0.25) is 4.79 Å². The molecule has 0 aromatic heterocycles. The van der Waals surface area contributed by atoms with Gasteiger partial charge in [0, 0.05) is 6.54 Å². The number of fused-ring (bicyclic) bond motifs is 1. The lowest BCUT2D eigenvalue weighted by atomic mass is 10.1. The molecule has 1 aliphatic carbocycles. The molecule has 1 amide bonds. The van der Waals surface area contributed by atoms with E-state index in [0.29, 0.717) is 24.5 Å². The summed E-state index contributed by atoms with van der Waals surface area (Å²) in [5, 5.41) is 0. The smallest absolute Gasteiger partial charge is 0.272 e. The van der Waals surface area contributed by atoms with Crippen molar-refractivity contribution in [2.45, 2.75) is 31.4 Å². The third-order valence-electron chi connectivity index (χ3n) is 2.95. The second-order valence-electron chi connectivity index (χ2n) is 3.67. The number of rotatable bonds is 1. The average molecular weight is 202 g/mol. The fourth-order valence-electron chi connectivity index (χ4n) is 2.34. The summed E-state index contributed by atoms with van der Waals surface area (Å²) >= 11 is 3.26. The molecular weight excluding hydrogens is 186 g/mol. The highest BCUT2D eigenvalue weighted by Crippen LogP contribution is 2.29. The Morgan fingerprint density at radius 3 is 3.15 bits per heavy atom. The number of carbonyl (C=O) groups excluding carboxylic acids is 1. The zero-order chi connectivity index (χ0) is 9.26. The Morgan fingerprint density at radius 1 is 1.54 bits per heavy atom. The zero-order valence-corrected chi connectivity index (χ0v) is 8.66. The van der Waals surface area contributed by atoms with Gasteiger partial charge in [-0.25, -0.2) is 0 Å². The van der Waals surface area contributed by atoms with Gasteiger partial charge in [0.05, 0.1) is 18.8 Å². The Bertz CT molecular complexity index is 210. The number of nitrogens with zero attached hydrogens (tertiary/aromatic N) is 1. The molecule has 2 aliphatic rings. The van der Waals surface area contributed by atoms with E-state index in [1.54, 1.807) is 0 Å². The molecule has 0 N–H and O–H groups in total. The molecule has 1 aliphatic heterocycles. The standard InChI is InChI=1S/C9H15NO2S/c11-9(6-13)10-4-5-12-8-3-1-2-7(8)10/h7-8,13H,1-6H2/p+1. The molecule has 0 aromatic rings. The van der Waals surface area contributed by atoms with Gasteiger partial charge < -0.3 is 9.64 Å². The second kappa shape index (κ2) is 3.88. The molecule has 3 nitrogen and oxygen atoms in total. The molecule has 2 rings (SSSR count). The summed E-state index contributed by atoms with van der Waals surface area (Å²) in [6.07, 6.45) is 3.75. The van der Waals surface area contributed by atoms with E-state index in [-0.39, 0.29) is 5.91 Å². The van der Waals surface area contributed by atoms with Gasteiger partial charge in [0.25, 0.3) is 5.91 Å². The van der Waals surface area contributed by atoms with Crippen LogP contribution in [0.3, 0.4) is 0 Å². The lowest BCUT2D eigenvalue weighted by molar-refractivity contribution is -0.141. The van der Waals surface area contributed by atoms with E-state index in [4.69, 9.17) is 4.74 Å². The first kappa shape index (κ1) is 9.34. The van der Waals surface area contributed by atoms with E-state index >= 15 is 0 Å². The van der Waals surface area contributed by atoms with E-state index in [1.807, 2.05) is 4.90 Å². The number of ether oxygens (including phenoxy) is 1. The summed E-state index contributed by atoms with van der Waals surface area (Å²) in [5.74, 6) is 0.639. The van der Waals surface area contributed by atoms with Crippen molar-refractivity contribution in [3.05, 3.63) is 0 Å². The van der Waals surface area contributed by atoms with Gasteiger partial charge in [-0.2, -0.15) is 0 Å². The Hall–Kier alpha value is -0.220. The Balaban J connectivity index is 2.05. The molecule has 2 atom stereocenters. The van der Waals surface area contributed by atoms with Crippen LogP contribution in [-0.4, -0.2) is 41.9 Å². The average Bonchev–Trinajstić information content (AvgIpc) is 2.63. The van der Waals surface area contributed by atoms with E-state index in [2.05, 4.69) is 12.6 Å². The van der Waals surface area contributed by atoms with Gasteiger partial charge in [0.1, 0.15) is 0 Å². The number of amides is 1. The highest BCUT2D eigenvalue weighted by Gasteiger charge is 2.38. The summed E-state index contributed by atoms with van der Waals surface area (Å²) in [6.45, 7) is 1.48. The van der Waals surface area contributed by atoms with Crippen molar-refractivity contribution in [1.82, 2.24) is 4.90 Å². The number of carbonyl (C=O) groups is 1. The molecule has 0 spiro atoms. The third-order valence-corrected chi connectivity index (χ3v) is 3.26. The maximum Gasteiger partial charge on any atom is 0.272 e. The first-order chi connectivity index (χ1) is 6.33. The lowest BCUT2D eigenvalue weighted by Gasteiger charge is -2.36. The molecule has 1 saturated heterocycles. The second-order valence-corrected chi connectivity index (χ2v) is 4.02. The number of morpholine rings is 1. The predicted molar refractivity (Wildman–Crippen MR) is 54.1 cm³/mol. The maximum absolute atomic E-state index is 11.5. The summed E-state index contributed by atoms with van der Waals surface area (Å²) in [7, 11) is 0. The quantitative estimate of drug-likeness (QED) is 0.550. The summed E-state index contributed by atoms with van der Waals surface area (Å²) < 4.78 is 5.62. The van der Waals surface area contributed by atoms with E-state index < -0.39 is 0 Å². The maximum atomic E-state index is 11.5. The fourth-order valence-corrected chi connectivity index (χ4v) is 2.54. The molecule has 2 fully saturated rings. The summed E-state index contributed by atoms with van der Waals surface area (Å²) in [4.78, 5) is 13.5. The SMILES string of the molecule is O=C(C[SH2+])N1CCOC2CCCC21. The first-order valence-electron chi connectivity index (χ1n) is 4.88. The lowest BCUT2D eigenvalue weighted by Crippen LogP contribution is -2.51. The van der Waals surface area contributed by atoms with E-state index in [1.165, 1.54) is 6.42 Å². The van der Waals surface area contributed by atoms with Crippen LogP contribution in [-0.2, 0) is 22.2 Å². The van der Waals surface area contributed by atoms with Crippen molar-refractivity contribution in [3.63, 3.8) is 0 Å². The molecule has 0 aromatic carbocycles. The van der Waals surface area contributed by atoms with Crippen LogP contribution >= 0.6 is 0 Å². The van der Waals surface area contributed by atoms with Crippen molar-refractivity contribution in [2.75, 3.05) is 18.9 Å². The van der Waals surface area contributed by atoms with Crippen molar-refractivity contribution in [2.24, 2.45) is 0 Å². The minimum Gasteiger partial charge on any atom is -0.374 e. The highest BCUT2D eigenvalue weighted by atomic mass is 32.1. The van der Waals surface area contributed by atoms with Gasteiger partial charge in [-0.1, -0.05) is 0 Å². The van der Waals surface area contributed by atoms with Gasteiger partial charge in [0.2, 0.25) is 0 Å². The zero-order valence-electron chi connectivity index (χ0n) is 7.66. The van der Waals surface area contributed by atoms with Crippen LogP contribution in [0.25, 0.3) is 0 Å². The first-order valence-corrected chi connectivity index (χ1v) is 5.59. The van der Waals surface area contributed by atoms with Gasteiger partial charge in [0.15, 0.2) is 5.75 Å². The van der Waals surface area contributed by atoms with Gasteiger partial charge in [-0.05, 0) is 31.9 Å². The molecule has 1 heterocycles. The largest absolute Gasteiger partial charge is 0.374 e.